The number of nitriles is 1. The third-order valence-corrected chi connectivity index (χ3v) is 4.70. The van der Waals surface area contributed by atoms with Gasteiger partial charge in [0.05, 0.1) is 18.7 Å². The highest BCUT2D eigenvalue weighted by Gasteiger charge is 2.35. The lowest BCUT2D eigenvalue weighted by atomic mass is 9.77. The number of fused-ring (bicyclic) bond motifs is 2. The van der Waals surface area contributed by atoms with Gasteiger partial charge in [0.15, 0.2) is 5.78 Å². The van der Waals surface area contributed by atoms with E-state index >= 15 is 0 Å². The quantitative estimate of drug-likeness (QED) is 0.867. The smallest absolute Gasteiger partial charge is 0.167 e. The molecule has 4 heteroatoms. The number of hydrogen-bond donors (Lipinski definition) is 1. The van der Waals surface area contributed by atoms with E-state index in [1.807, 2.05) is 0 Å². The van der Waals surface area contributed by atoms with Crippen LogP contribution in [0.4, 0.5) is 0 Å². The summed E-state index contributed by atoms with van der Waals surface area (Å²) < 4.78 is 5.19. The molecule has 0 spiro atoms. The van der Waals surface area contributed by atoms with Gasteiger partial charge in [0, 0.05) is 23.6 Å². The van der Waals surface area contributed by atoms with Crippen LogP contribution in [0.15, 0.2) is 18.2 Å². The Hall–Kier alpha value is -1.86. The number of methoxy groups -OCH3 is 1. The number of hydrogen-bond acceptors (Lipinski definition) is 4. The Morgan fingerprint density at radius 1 is 1.33 bits per heavy atom. The molecule has 2 saturated heterocycles. The molecule has 2 fully saturated rings. The molecule has 2 bridgehead atoms. The van der Waals surface area contributed by atoms with Gasteiger partial charge in [-0.05, 0) is 43.9 Å². The first-order chi connectivity index (χ1) is 10.2. The second-order valence-corrected chi connectivity index (χ2v) is 6.05. The van der Waals surface area contributed by atoms with Crippen molar-refractivity contribution in [2.24, 2.45) is 5.92 Å². The third-order valence-electron chi connectivity index (χ3n) is 4.70. The highest BCUT2D eigenvalue weighted by Crippen LogP contribution is 2.33. The van der Waals surface area contributed by atoms with Gasteiger partial charge in [-0.15, -0.1) is 0 Å². The van der Waals surface area contributed by atoms with Gasteiger partial charge in [-0.2, -0.15) is 5.26 Å². The van der Waals surface area contributed by atoms with Crippen LogP contribution in [0.3, 0.4) is 0 Å². The van der Waals surface area contributed by atoms with Crippen molar-refractivity contribution in [3.63, 3.8) is 0 Å². The van der Waals surface area contributed by atoms with Crippen molar-refractivity contribution < 1.29 is 9.53 Å². The van der Waals surface area contributed by atoms with E-state index in [1.165, 1.54) is 6.42 Å². The number of Topliss-reactive ketones (excluding diaryl/α,β-unsaturated/α-hetero) is 1. The lowest BCUT2D eigenvalue weighted by Gasteiger charge is -2.39. The summed E-state index contributed by atoms with van der Waals surface area (Å²) in [5.41, 5.74) is 0.964. The Morgan fingerprint density at radius 3 is 2.67 bits per heavy atom. The first-order valence-electron chi connectivity index (χ1n) is 7.59. The van der Waals surface area contributed by atoms with E-state index in [0.29, 0.717) is 29.0 Å². The van der Waals surface area contributed by atoms with Crippen LogP contribution < -0.4 is 10.1 Å². The standard InChI is InChI=1S/C17H20N2O2/c1-21-15-6-5-11(10-18)16(9-15)17(20)12-7-13-3-2-4-14(8-12)19-13/h5-6,9,12-14,19H,2-4,7-8H2,1H3. The van der Waals surface area contributed by atoms with E-state index < -0.39 is 0 Å². The highest BCUT2D eigenvalue weighted by molar-refractivity contribution is 6.00. The summed E-state index contributed by atoms with van der Waals surface area (Å²) in [5, 5.41) is 12.8. The van der Waals surface area contributed by atoms with Crippen molar-refractivity contribution in [3.8, 4) is 11.8 Å². The molecule has 1 N–H and O–H groups in total. The van der Waals surface area contributed by atoms with Crippen LogP contribution in [0.5, 0.6) is 5.75 Å². The van der Waals surface area contributed by atoms with Crippen LogP contribution >= 0.6 is 0 Å². The Morgan fingerprint density at radius 2 is 2.05 bits per heavy atom. The van der Waals surface area contributed by atoms with E-state index in [0.717, 1.165) is 25.7 Å². The summed E-state index contributed by atoms with van der Waals surface area (Å²) in [6.45, 7) is 0. The van der Waals surface area contributed by atoms with Crippen LogP contribution in [0.25, 0.3) is 0 Å². The summed E-state index contributed by atoms with van der Waals surface area (Å²) in [4.78, 5) is 12.8. The maximum atomic E-state index is 12.8. The number of benzene rings is 1. The van der Waals surface area contributed by atoms with Gasteiger partial charge in [0.25, 0.3) is 0 Å². The van der Waals surface area contributed by atoms with Crippen molar-refractivity contribution in [1.29, 1.82) is 5.26 Å². The maximum absolute atomic E-state index is 12.8. The molecule has 0 aliphatic carbocycles. The van der Waals surface area contributed by atoms with Crippen molar-refractivity contribution >= 4 is 5.78 Å². The minimum atomic E-state index is 0.0285. The fourth-order valence-corrected chi connectivity index (χ4v) is 3.65. The van der Waals surface area contributed by atoms with Crippen molar-refractivity contribution in [3.05, 3.63) is 29.3 Å². The van der Waals surface area contributed by atoms with Crippen LogP contribution in [-0.4, -0.2) is 25.0 Å². The summed E-state index contributed by atoms with van der Waals surface area (Å²) in [6, 6.07) is 8.16. The molecule has 0 amide bonds. The minimum Gasteiger partial charge on any atom is -0.497 e. The van der Waals surface area contributed by atoms with Crippen molar-refractivity contribution in [2.75, 3.05) is 7.11 Å². The molecule has 2 aliphatic rings. The van der Waals surface area contributed by atoms with Gasteiger partial charge in [-0.3, -0.25) is 4.79 Å². The van der Waals surface area contributed by atoms with E-state index in [-0.39, 0.29) is 11.7 Å². The molecule has 3 rings (SSSR count). The van der Waals surface area contributed by atoms with E-state index in [9.17, 15) is 10.1 Å². The van der Waals surface area contributed by atoms with E-state index in [1.54, 1.807) is 25.3 Å². The van der Waals surface area contributed by atoms with Crippen LogP contribution in [0, 0.1) is 17.2 Å². The summed E-state index contributed by atoms with van der Waals surface area (Å²) in [7, 11) is 1.57. The first kappa shape index (κ1) is 14.1. The summed E-state index contributed by atoms with van der Waals surface area (Å²) in [5.74, 6) is 0.760. The number of nitrogens with zero attached hydrogens (tertiary/aromatic N) is 1. The number of ether oxygens (including phenoxy) is 1. The zero-order chi connectivity index (χ0) is 14.8. The second-order valence-electron chi connectivity index (χ2n) is 6.05. The number of piperidine rings is 2. The lowest BCUT2D eigenvalue weighted by molar-refractivity contribution is 0.0824. The molecule has 1 aromatic rings. The molecule has 2 heterocycles. The Bertz CT molecular complexity index is 579. The average molecular weight is 284 g/mol. The third kappa shape index (κ3) is 2.79. The zero-order valence-corrected chi connectivity index (χ0v) is 12.3. The maximum Gasteiger partial charge on any atom is 0.167 e. The van der Waals surface area contributed by atoms with Gasteiger partial charge in [0.2, 0.25) is 0 Å². The second kappa shape index (κ2) is 5.87. The monoisotopic (exact) mass is 284 g/mol. The van der Waals surface area contributed by atoms with Gasteiger partial charge in [0.1, 0.15) is 5.75 Å². The summed E-state index contributed by atoms with van der Waals surface area (Å²) in [6.07, 6.45) is 5.34. The Labute approximate surface area is 125 Å². The van der Waals surface area contributed by atoms with Crippen molar-refractivity contribution in [1.82, 2.24) is 5.32 Å². The molecule has 2 aliphatic heterocycles. The Kier molecular flexibility index (Phi) is 3.94. The van der Waals surface area contributed by atoms with Gasteiger partial charge >= 0.3 is 0 Å². The highest BCUT2D eigenvalue weighted by atomic mass is 16.5. The fraction of sp³-hybridized carbons (Fsp3) is 0.529. The SMILES string of the molecule is COc1ccc(C#N)c(C(=O)C2CC3CCCC(C2)N3)c1. The topological polar surface area (TPSA) is 62.1 Å². The molecule has 4 nitrogen and oxygen atoms in total. The molecule has 0 saturated carbocycles. The van der Waals surface area contributed by atoms with Crippen LogP contribution in [-0.2, 0) is 0 Å². The van der Waals surface area contributed by atoms with E-state index in [2.05, 4.69) is 11.4 Å². The predicted octanol–water partition coefficient (Wildman–Crippen LogP) is 2.67. The molecule has 0 radical (unpaired) electrons. The van der Waals surface area contributed by atoms with Crippen LogP contribution in [0.2, 0.25) is 0 Å². The van der Waals surface area contributed by atoms with Gasteiger partial charge < -0.3 is 10.1 Å². The molecule has 2 atom stereocenters. The molecular formula is C17H20N2O2. The lowest BCUT2D eigenvalue weighted by Crippen LogP contribution is -2.50. The van der Waals surface area contributed by atoms with Gasteiger partial charge in [-0.1, -0.05) is 6.42 Å². The number of nitrogens with one attached hydrogen (secondary N) is 1. The molecular weight excluding hydrogens is 264 g/mol. The average Bonchev–Trinajstić information content (AvgIpc) is 2.53. The molecule has 21 heavy (non-hydrogen) atoms. The number of ketones is 1. The predicted molar refractivity (Wildman–Crippen MR) is 79.3 cm³/mol. The minimum absolute atomic E-state index is 0.0285. The normalized spacial score (nSPS) is 27.7. The number of carbonyl (C=O) groups is 1. The van der Waals surface area contributed by atoms with Crippen LogP contribution in [0.1, 0.15) is 48.0 Å². The van der Waals surface area contributed by atoms with E-state index in [4.69, 9.17) is 4.74 Å². The Balaban J connectivity index is 1.86. The molecule has 110 valence electrons. The molecule has 1 aromatic carbocycles. The fourth-order valence-electron chi connectivity index (χ4n) is 3.65. The zero-order valence-electron chi connectivity index (χ0n) is 12.3. The van der Waals surface area contributed by atoms with Crippen molar-refractivity contribution in [2.45, 2.75) is 44.2 Å². The number of rotatable bonds is 3. The summed E-state index contributed by atoms with van der Waals surface area (Å²) >= 11 is 0. The molecule has 0 aromatic heterocycles. The molecule has 2 unspecified atom stereocenters. The van der Waals surface area contributed by atoms with Gasteiger partial charge in [-0.25, -0.2) is 0 Å². The largest absolute Gasteiger partial charge is 0.497 e. The first-order valence-corrected chi connectivity index (χ1v) is 7.59. The number of carbonyl (C=O) groups excluding carboxylic acids is 1.